The average molecular weight is 250 g/mol. The van der Waals surface area contributed by atoms with Gasteiger partial charge >= 0.3 is 0 Å². The molecule has 19 heavy (non-hydrogen) atoms. The van der Waals surface area contributed by atoms with Crippen molar-refractivity contribution in [3.8, 4) is 22.6 Å². The zero-order valence-corrected chi connectivity index (χ0v) is 10.6. The number of nitrogen functional groups attached to an aromatic ring is 1. The fourth-order valence-corrected chi connectivity index (χ4v) is 2.07. The van der Waals surface area contributed by atoms with E-state index in [0.29, 0.717) is 5.82 Å². The summed E-state index contributed by atoms with van der Waals surface area (Å²) in [5.74, 6) is 1.30. The number of hydrogen-bond donors (Lipinski definition) is 2. The minimum atomic E-state index is 0.493. The van der Waals surface area contributed by atoms with Gasteiger partial charge in [-0.05, 0) is 19.1 Å². The highest BCUT2D eigenvalue weighted by Gasteiger charge is 2.10. The molecule has 0 aliphatic carbocycles. The number of benzene rings is 1. The van der Waals surface area contributed by atoms with Crippen LogP contribution in [0.15, 0.2) is 48.7 Å². The molecule has 0 bridgehead atoms. The number of hydrogen-bond acceptors (Lipinski definition) is 3. The van der Waals surface area contributed by atoms with Crippen LogP contribution in [0.25, 0.3) is 22.6 Å². The first kappa shape index (κ1) is 11.5. The molecule has 3 N–H and O–H groups in total. The van der Waals surface area contributed by atoms with Crippen LogP contribution in [-0.2, 0) is 0 Å². The Morgan fingerprint density at radius 1 is 1.05 bits per heavy atom. The van der Waals surface area contributed by atoms with E-state index in [4.69, 9.17) is 5.73 Å². The molecule has 4 nitrogen and oxygen atoms in total. The third-order valence-corrected chi connectivity index (χ3v) is 2.99. The van der Waals surface area contributed by atoms with Crippen molar-refractivity contribution in [2.24, 2.45) is 0 Å². The lowest BCUT2D eigenvalue weighted by atomic mass is 10.1. The molecule has 0 amide bonds. The first-order chi connectivity index (χ1) is 9.24. The van der Waals surface area contributed by atoms with Gasteiger partial charge in [0.05, 0.1) is 5.69 Å². The fourth-order valence-electron chi connectivity index (χ4n) is 2.07. The number of anilines is 1. The maximum Gasteiger partial charge on any atom is 0.138 e. The van der Waals surface area contributed by atoms with Gasteiger partial charge < -0.3 is 10.7 Å². The third-order valence-electron chi connectivity index (χ3n) is 2.99. The fraction of sp³-hybridized carbons (Fsp3) is 0.0667. The quantitative estimate of drug-likeness (QED) is 0.734. The second-order valence-electron chi connectivity index (χ2n) is 4.39. The monoisotopic (exact) mass is 250 g/mol. The van der Waals surface area contributed by atoms with E-state index in [9.17, 15) is 0 Å². The van der Waals surface area contributed by atoms with Crippen molar-refractivity contribution < 1.29 is 0 Å². The topological polar surface area (TPSA) is 67.6 Å². The van der Waals surface area contributed by atoms with Crippen LogP contribution in [0, 0.1) is 6.92 Å². The second-order valence-corrected chi connectivity index (χ2v) is 4.39. The smallest absolute Gasteiger partial charge is 0.138 e. The van der Waals surface area contributed by atoms with Crippen molar-refractivity contribution in [3.63, 3.8) is 0 Å². The van der Waals surface area contributed by atoms with Gasteiger partial charge in [-0.1, -0.05) is 30.3 Å². The van der Waals surface area contributed by atoms with Gasteiger partial charge in [0, 0.05) is 23.0 Å². The average Bonchev–Trinajstić information content (AvgIpc) is 2.82. The number of aromatic nitrogens is 3. The number of nitrogens with two attached hydrogens (primary N) is 1. The molecule has 1 aromatic carbocycles. The molecule has 3 aromatic rings. The first-order valence-corrected chi connectivity index (χ1v) is 6.08. The number of aromatic amines is 1. The van der Waals surface area contributed by atoms with Crippen molar-refractivity contribution in [1.82, 2.24) is 15.0 Å². The van der Waals surface area contributed by atoms with Gasteiger partial charge in [0.15, 0.2) is 0 Å². The minimum absolute atomic E-state index is 0.493. The molecule has 0 spiro atoms. The number of nitrogens with zero attached hydrogens (tertiary/aromatic N) is 2. The lowest BCUT2D eigenvalue weighted by Crippen LogP contribution is -1.90. The first-order valence-electron chi connectivity index (χ1n) is 6.08. The van der Waals surface area contributed by atoms with Crippen LogP contribution < -0.4 is 5.73 Å². The van der Waals surface area contributed by atoms with Gasteiger partial charge in [0.1, 0.15) is 11.6 Å². The molecule has 0 aliphatic heterocycles. The number of aryl methyl sites for hydroxylation is 1. The number of nitrogens with one attached hydrogen (secondary N) is 1. The maximum absolute atomic E-state index is 5.70. The summed E-state index contributed by atoms with van der Waals surface area (Å²) in [4.78, 5) is 11.9. The molecule has 0 atom stereocenters. The summed E-state index contributed by atoms with van der Waals surface area (Å²) in [7, 11) is 0. The number of pyridine rings is 1. The molecule has 94 valence electrons. The largest absolute Gasteiger partial charge is 0.384 e. The SMILES string of the molecule is Cc1[nH]c(-c2ccnc(N)c2)nc1-c1ccccc1. The summed E-state index contributed by atoms with van der Waals surface area (Å²) in [5, 5.41) is 0. The van der Waals surface area contributed by atoms with Crippen LogP contribution in [0.4, 0.5) is 5.82 Å². The van der Waals surface area contributed by atoms with E-state index in [2.05, 4.69) is 15.0 Å². The minimum Gasteiger partial charge on any atom is -0.384 e. The summed E-state index contributed by atoms with van der Waals surface area (Å²) in [6, 6.07) is 13.8. The molecule has 2 aromatic heterocycles. The molecule has 0 unspecified atom stereocenters. The Kier molecular flexibility index (Phi) is 2.76. The summed E-state index contributed by atoms with van der Waals surface area (Å²) >= 11 is 0. The van der Waals surface area contributed by atoms with Crippen molar-refractivity contribution in [1.29, 1.82) is 0 Å². The van der Waals surface area contributed by atoms with E-state index < -0.39 is 0 Å². The third kappa shape index (κ3) is 2.20. The highest BCUT2D eigenvalue weighted by molar-refractivity contribution is 5.68. The summed E-state index contributed by atoms with van der Waals surface area (Å²) in [5.41, 5.74) is 9.75. The summed E-state index contributed by atoms with van der Waals surface area (Å²) in [6.07, 6.45) is 1.69. The predicted octanol–water partition coefficient (Wildman–Crippen LogP) is 3.03. The van der Waals surface area contributed by atoms with E-state index in [0.717, 1.165) is 28.3 Å². The van der Waals surface area contributed by atoms with E-state index in [1.165, 1.54) is 0 Å². The number of imidazole rings is 1. The van der Waals surface area contributed by atoms with E-state index in [1.54, 1.807) is 6.20 Å². The van der Waals surface area contributed by atoms with Gasteiger partial charge in [-0.3, -0.25) is 0 Å². The maximum atomic E-state index is 5.70. The normalized spacial score (nSPS) is 10.6. The van der Waals surface area contributed by atoms with Gasteiger partial charge in [-0.15, -0.1) is 0 Å². The van der Waals surface area contributed by atoms with Crippen molar-refractivity contribution >= 4 is 5.82 Å². The molecular formula is C15H14N4. The Labute approximate surface area is 111 Å². The van der Waals surface area contributed by atoms with Gasteiger partial charge in [-0.2, -0.15) is 0 Å². The number of rotatable bonds is 2. The van der Waals surface area contributed by atoms with Crippen LogP contribution in [0.1, 0.15) is 5.69 Å². The molecule has 0 saturated carbocycles. The van der Waals surface area contributed by atoms with E-state index >= 15 is 0 Å². The highest BCUT2D eigenvalue weighted by Crippen LogP contribution is 2.25. The second kappa shape index (κ2) is 4.57. The van der Waals surface area contributed by atoms with E-state index in [-0.39, 0.29) is 0 Å². The van der Waals surface area contributed by atoms with Crippen LogP contribution >= 0.6 is 0 Å². The predicted molar refractivity (Wildman–Crippen MR) is 76.4 cm³/mol. The lowest BCUT2D eigenvalue weighted by molar-refractivity contribution is 1.24. The Bertz CT molecular complexity index is 701. The van der Waals surface area contributed by atoms with Crippen molar-refractivity contribution in [2.45, 2.75) is 6.92 Å². The highest BCUT2D eigenvalue weighted by atomic mass is 14.9. The van der Waals surface area contributed by atoms with Crippen molar-refractivity contribution in [2.75, 3.05) is 5.73 Å². The van der Waals surface area contributed by atoms with Crippen LogP contribution in [0.2, 0.25) is 0 Å². The molecule has 0 aliphatic rings. The molecule has 0 fully saturated rings. The molecular weight excluding hydrogens is 236 g/mol. The zero-order valence-electron chi connectivity index (χ0n) is 10.6. The molecule has 2 heterocycles. The Morgan fingerprint density at radius 3 is 2.58 bits per heavy atom. The molecule has 3 rings (SSSR count). The molecule has 0 radical (unpaired) electrons. The summed E-state index contributed by atoms with van der Waals surface area (Å²) < 4.78 is 0. The standard InChI is InChI=1S/C15H14N4/c1-10-14(11-5-3-2-4-6-11)19-15(18-10)12-7-8-17-13(16)9-12/h2-9H,1H3,(H2,16,17)(H,18,19). The van der Waals surface area contributed by atoms with Gasteiger partial charge in [-0.25, -0.2) is 9.97 Å². The number of H-pyrrole nitrogens is 1. The molecule has 0 saturated heterocycles. The summed E-state index contributed by atoms with van der Waals surface area (Å²) in [6.45, 7) is 2.02. The van der Waals surface area contributed by atoms with Crippen molar-refractivity contribution in [3.05, 3.63) is 54.4 Å². The Balaban J connectivity index is 2.07. The lowest BCUT2D eigenvalue weighted by Gasteiger charge is -1.97. The van der Waals surface area contributed by atoms with Crippen LogP contribution in [-0.4, -0.2) is 15.0 Å². The van der Waals surface area contributed by atoms with Gasteiger partial charge in [0.25, 0.3) is 0 Å². The van der Waals surface area contributed by atoms with Crippen LogP contribution in [0.3, 0.4) is 0 Å². The Morgan fingerprint density at radius 2 is 1.84 bits per heavy atom. The van der Waals surface area contributed by atoms with E-state index in [1.807, 2.05) is 49.4 Å². The van der Waals surface area contributed by atoms with Gasteiger partial charge in [0.2, 0.25) is 0 Å². The zero-order chi connectivity index (χ0) is 13.2. The van der Waals surface area contributed by atoms with Crippen LogP contribution in [0.5, 0.6) is 0 Å². The molecule has 4 heteroatoms. The Hall–Kier alpha value is -2.62.